The molecule has 0 aliphatic rings. The summed E-state index contributed by atoms with van der Waals surface area (Å²) in [6.45, 7) is 0.557. The molecule has 0 atom stereocenters. The number of halogens is 2. The monoisotopic (exact) mass is 296 g/mol. The lowest BCUT2D eigenvalue weighted by molar-refractivity contribution is 0.304. The molecule has 0 aromatic heterocycles. The van der Waals surface area contributed by atoms with E-state index in [4.69, 9.17) is 16.3 Å². The minimum Gasteiger partial charge on any atom is -0.488 e. The van der Waals surface area contributed by atoms with E-state index < -0.39 is 0 Å². The van der Waals surface area contributed by atoms with Gasteiger partial charge in [-0.3, -0.25) is 0 Å². The Kier molecular flexibility index (Phi) is 3.86. The second-order valence-corrected chi connectivity index (χ2v) is 4.64. The van der Waals surface area contributed by atoms with Gasteiger partial charge in [-0.15, -0.1) is 0 Å². The number of hydrogen-bond acceptors (Lipinski definition) is 1. The fraction of sp³-hybridized carbons (Fsp3) is 0.0769. The number of ether oxygens (including phenoxy) is 1. The summed E-state index contributed by atoms with van der Waals surface area (Å²) in [6.07, 6.45) is 0. The summed E-state index contributed by atoms with van der Waals surface area (Å²) >= 11 is 9.26. The molecule has 0 aliphatic heterocycles. The van der Waals surface area contributed by atoms with Gasteiger partial charge in [-0.05, 0) is 39.7 Å². The van der Waals surface area contributed by atoms with Gasteiger partial charge in [-0.25, -0.2) is 0 Å². The second kappa shape index (κ2) is 5.37. The van der Waals surface area contributed by atoms with E-state index in [1.54, 1.807) is 0 Å². The van der Waals surface area contributed by atoms with Crippen LogP contribution in [0.4, 0.5) is 0 Å². The zero-order chi connectivity index (χ0) is 11.4. The Balaban J connectivity index is 2.05. The Morgan fingerprint density at radius 1 is 1.06 bits per heavy atom. The van der Waals surface area contributed by atoms with Crippen LogP contribution in [0.15, 0.2) is 53.0 Å². The molecule has 0 amide bonds. The highest BCUT2D eigenvalue weighted by Gasteiger charge is 2.01. The van der Waals surface area contributed by atoms with E-state index in [-0.39, 0.29) is 0 Å². The minimum atomic E-state index is 0.557. The van der Waals surface area contributed by atoms with Crippen LogP contribution in [0.2, 0.25) is 5.02 Å². The van der Waals surface area contributed by atoms with Crippen LogP contribution in [0.3, 0.4) is 0 Å². The molecule has 0 heterocycles. The first-order valence-electron chi connectivity index (χ1n) is 4.87. The smallest absolute Gasteiger partial charge is 0.134 e. The van der Waals surface area contributed by atoms with Crippen LogP contribution in [-0.2, 0) is 6.61 Å². The summed E-state index contributed by atoms with van der Waals surface area (Å²) in [5, 5.41) is 0.693. The van der Waals surface area contributed by atoms with Crippen molar-refractivity contribution < 1.29 is 4.74 Å². The van der Waals surface area contributed by atoms with Gasteiger partial charge in [0.05, 0.1) is 4.47 Å². The Labute approximate surface area is 108 Å². The lowest BCUT2D eigenvalue weighted by Crippen LogP contribution is -1.95. The molecule has 0 N–H and O–H groups in total. The van der Waals surface area contributed by atoms with Crippen LogP contribution in [-0.4, -0.2) is 0 Å². The lowest BCUT2D eigenvalue weighted by atomic mass is 10.2. The average Bonchev–Trinajstić information content (AvgIpc) is 2.29. The van der Waals surface area contributed by atoms with E-state index in [1.165, 1.54) is 0 Å². The van der Waals surface area contributed by atoms with Crippen LogP contribution in [0.5, 0.6) is 5.75 Å². The van der Waals surface area contributed by atoms with Crippen LogP contribution >= 0.6 is 27.5 Å². The van der Waals surface area contributed by atoms with Crippen molar-refractivity contribution in [2.45, 2.75) is 6.61 Å². The number of hydrogen-bond donors (Lipinski definition) is 0. The van der Waals surface area contributed by atoms with Crippen molar-refractivity contribution in [3.8, 4) is 5.75 Å². The van der Waals surface area contributed by atoms with Crippen LogP contribution in [0.25, 0.3) is 0 Å². The van der Waals surface area contributed by atoms with Gasteiger partial charge >= 0.3 is 0 Å². The fourth-order valence-corrected chi connectivity index (χ4v) is 2.12. The van der Waals surface area contributed by atoms with E-state index >= 15 is 0 Å². The molecule has 1 nitrogen and oxygen atoms in total. The van der Waals surface area contributed by atoms with Gasteiger partial charge in [-0.1, -0.05) is 41.9 Å². The van der Waals surface area contributed by atoms with Crippen LogP contribution < -0.4 is 4.74 Å². The van der Waals surface area contributed by atoms with Gasteiger partial charge in [0.2, 0.25) is 0 Å². The molecule has 0 radical (unpaired) electrons. The first kappa shape index (κ1) is 11.5. The molecule has 2 rings (SSSR count). The SMILES string of the molecule is Clc1ccc(OCc2ccccc2)c(Br)c1. The van der Waals surface area contributed by atoms with Gasteiger partial charge in [0.25, 0.3) is 0 Å². The molecule has 0 fully saturated rings. The van der Waals surface area contributed by atoms with E-state index in [0.717, 1.165) is 15.8 Å². The zero-order valence-electron chi connectivity index (χ0n) is 8.49. The third-order valence-corrected chi connectivity index (χ3v) is 2.99. The van der Waals surface area contributed by atoms with Crippen molar-refractivity contribution >= 4 is 27.5 Å². The molecule has 3 heteroatoms. The van der Waals surface area contributed by atoms with Crippen molar-refractivity contribution in [2.24, 2.45) is 0 Å². The van der Waals surface area contributed by atoms with Crippen molar-refractivity contribution in [2.75, 3.05) is 0 Å². The van der Waals surface area contributed by atoms with Gasteiger partial charge in [-0.2, -0.15) is 0 Å². The van der Waals surface area contributed by atoms with Gasteiger partial charge in [0.15, 0.2) is 0 Å². The summed E-state index contributed by atoms with van der Waals surface area (Å²) in [6, 6.07) is 15.5. The summed E-state index contributed by atoms with van der Waals surface area (Å²) < 4.78 is 6.54. The first-order chi connectivity index (χ1) is 7.75. The Morgan fingerprint density at radius 2 is 1.81 bits per heavy atom. The largest absolute Gasteiger partial charge is 0.488 e. The maximum atomic E-state index is 5.85. The van der Waals surface area contributed by atoms with Crippen molar-refractivity contribution in [3.05, 3.63) is 63.6 Å². The molecule has 0 spiro atoms. The van der Waals surface area contributed by atoms with Crippen molar-refractivity contribution in [1.29, 1.82) is 0 Å². The van der Waals surface area contributed by atoms with E-state index in [2.05, 4.69) is 15.9 Å². The molecule has 0 bridgehead atoms. The topological polar surface area (TPSA) is 9.23 Å². The highest BCUT2D eigenvalue weighted by atomic mass is 79.9. The Morgan fingerprint density at radius 3 is 2.50 bits per heavy atom. The minimum absolute atomic E-state index is 0.557. The molecule has 16 heavy (non-hydrogen) atoms. The molecule has 0 aliphatic carbocycles. The first-order valence-corrected chi connectivity index (χ1v) is 6.04. The summed E-state index contributed by atoms with van der Waals surface area (Å²) in [5.74, 6) is 0.799. The third-order valence-electron chi connectivity index (χ3n) is 2.13. The molecule has 82 valence electrons. The predicted octanol–water partition coefficient (Wildman–Crippen LogP) is 4.68. The molecule has 0 unspecified atom stereocenters. The van der Waals surface area contributed by atoms with E-state index in [0.29, 0.717) is 11.6 Å². The summed E-state index contributed by atoms with van der Waals surface area (Å²) in [4.78, 5) is 0. The normalized spacial score (nSPS) is 10.1. The summed E-state index contributed by atoms with van der Waals surface area (Å²) in [7, 11) is 0. The maximum Gasteiger partial charge on any atom is 0.134 e. The van der Waals surface area contributed by atoms with Gasteiger partial charge in [0, 0.05) is 5.02 Å². The highest BCUT2D eigenvalue weighted by molar-refractivity contribution is 9.10. The lowest BCUT2D eigenvalue weighted by Gasteiger charge is -2.08. The Bertz CT molecular complexity index is 471. The molecule has 2 aromatic carbocycles. The Hall–Kier alpha value is -0.990. The number of rotatable bonds is 3. The van der Waals surface area contributed by atoms with Crippen molar-refractivity contribution in [3.63, 3.8) is 0 Å². The third kappa shape index (κ3) is 3.00. The number of benzene rings is 2. The molecule has 2 aromatic rings. The second-order valence-electron chi connectivity index (χ2n) is 3.35. The van der Waals surface area contributed by atoms with E-state index in [9.17, 15) is 0 Å². The molecular formula is C13H10BrClO. The molecule has 0 saturated heterocycles. The maximum absolute atomic E-state index is 5.85. The van der Waals surface area contributed by atoms with E-state index in [1.807, 2.05) is 48.5 Å². The van der Waals surface area contributed by atoms with Gasteiger partial charge < -0.3 is 4.74 Å². The zero-order valence-corrected chi connectivity index (χ0v) is 10.8. The molecule has 0 saturated carbocycles. The van der Waals surface area contributed by atoms with Crippen LogP contribution in [0, 0.1) is 0 Å². The average molecular weight is 298 g/mol. The fourth-order valence-electron chi connectivity index (χ4n) is 1.33. The van der Waals surface area contributed by atoms with Crippen LogP contribution in [0.1, 0.15) is 5.56 Å². The quantitative estimate of drug-likeness (QED) is 0.799. The summed E-state index contributed by atoms with van der Waals surface area (Å²) in [5.41, 5.74) is 1.14. The molecular weight excluding hydrogens is 287 g/mol. The highest BCUT2D eigenvalue weighted by Crippen LogP contribution is 2.28. The van der Waals surface area contributed by atoms with Gasteiger partial charge in [0.1, 0.15) is 12.4 Å². The predicted molar refractivity (Wildman–Crippen MR) is 69.9 cm³/mol. The standard InChI is InChI=1S/C13H10BrClO/c14-12-8-11(15)6-7-13(12)16-9-10-4-2-1-3-5-10/h1-8H,9H2. The van der Waals surface area contributed by atoms with Crippen molar-refractivity contribution in [1.82, 2.24) is 0 Å².